The molecular weight excluding hydrogens is 332 g/mol. The molecule has 2 aliphatic carbocycles. The fourth-order valence-corrected chi connectivity index (χ4v) is 4.88. The Bertz CT molecular complexity index is 832. The van der Waals surface area contributed by atoms with Gasteiger partial charge in [-0.05, 0) is 50.0 Å². The Hall–Kier alpha value is -2.57. The highest BCUT2D eigenvalue weighted by atomic mass is 16.5. The number of primary amides is 1. The standard InChI is InChI=1S/C19H24N4O3/c1-26-19(25)12-5-10-4-11(6-12)8-13(7-10)23-16-14-2-3-21-18(14)22-9-15(16)17(20)24/h2-3,9-13H,4-8H2,1H3,(H2,20,24)(H2,21,22,23)/t10-,11-,12?,13?/m1/s1. The second kappa shape index (κ2) is 6.63. The maximum absolute atomic E-state index is 11.9. The Kier molecular flexibility index (Phi) is 4.30. The lowest BCUT2D eigenvalue weighted by Crippen LogP contribution is -2.39. The van der Waals surface area contributed by atoms with Crippen molar-refractivity contribution in [2.75, 3.05) is 12.4 Å². The van der Waals surface area contributed by atoms with Gasteiger partial charge in [-0.1, -0.05) is 0 Å². The van der Waals surface area contributed by atoms with Gasteiger partial charge in [0.1, 0.15) is 5.65 Å². The van der Waals surface area contributed by atoms with Crippen molar-refractivity contribution in [1.82, 2.24) is 9.97 Å². The maximum Gasteiger partial charge on any atom is 0.308 e. The van der Waals surface area contributed by atoms with Gasteiger partial charge in [-0.2, -0.15) is 0 Å². The number of hydrogen-bond acceptors (Lipinski definition) is 5. The number of hydrogen-bond donors (Lipinski definition) is 3. The monoisotopic (exact) mass is 356 g/mol. The summed E-state index contributed by atoms with van der Waals surface area (Å²) in [7, 11) is 1.47. The summed E-state index contributed by atoms with van der Waals surface area (Å²) in [6.07, 6.45) is 8.25. The third-order valence-electron chi connectivity index (χ3n) is 5.87. The first-order valence-electron chi connectivity index (χ1n) is 9.15. The Morgan fingerprint density at radius 3 is 2.62 bits per heavy atom. The zero-order chi connectivity index (χ0) is 18.3. The summed E-state index contributed by atoms with van der Waals surface area (Å²) in [5.41, 5.74) is 7.47. The van der Waals surface area contributed by atoms with Crippen molar-refractivity contribution in [2.45, 2.75) is 38.1 Å². The van der Waals surface area contributed by atoms with E-state index in [1.165, 1.54) is 19.7 Å². The van der Waals surface area contributed by atoms with Gasteiger partial charge in [-0.15, -0.1) is 0 Å². The largest absolute Gasteiger partial charge is 0.469 e. The molecule has 0 spiro atoms. The van der Waals surface area contributed by atoms with E-state index >= 15 is 0 Å². The lowest BCUT2D eigenvalue weighted by atomic mass is 9.66. The fourth-order valence-electron chi connectivity index (χ4n) is 4.88. The van der Waals surface area contributed by atoms with Crippen LogP contribution in [0.3, 0.4) is 0 Å². The highest BCUT2D eigenvalue weighted by molar-refractivity contribution is 6.05. The van der Waals surface area contributed by atoms with Gasteiger partial charge < -0.3 is 20.8 Å². The van der Waals surface area contributed by atoms with Gasteiger partial charge in [0.2, 0.25) is 0 Å². The molecule has 138 valence electrons. The average molecular weight is 356 g/mol. The molecule has 0 aromatic carbocycles. The number of nitrogens with two attached hydrogens (primary N) is 1. The Labute approximate surface area is 151 Å². The van der Waals surface area contributed by atoms with Gasteiger partial charge >= 0.3 is 5.97 Å². The molecule has 2 aromatic rings. The Balaban J connectivity index is 1.55. The molecule has 2 atom stereocenters. The second-order valence-electron chi connectivity index (χ2n) is 7.62. The van der Waals surface area contributed by atoms with Gasteiger partial charge in [0, 0.05) is 23.8 Å². The van der Waals surface area contributed by atoms with E-state index in [0.717, 1.165) is 42.4 Å². The van der Waals surface area contributed by atoms with E-state index in [-0.39, 0.29) is 17.9 Å². The molecule has 26 heavy (non-hydrogen) atoms. The van der Waals surface area contributed by atoms with Gasteiger partial charge in [-0.3, -0.25) is 9.59 Å². The molecule has 1 amide bonds. The van der Waals surface area contributed by atoms with Gasteiger partial charge in [-0.25, -0.2) is 4.98 Å². The molecule has 2 heterocycles. The topological polar surface area (TPSA) is 110 Å². The smallest absolute Gasteiger partial charge is 0.308 e. The van der Waals surface area contributed by atoms with Crippen molar-refractivity contribution in [3.63, 3.8) is 0 Å². The molecule has 2 aliphatic rings. The van der Waals surface area contributed by atoms with Gasteiger partial charge in [0.25, 0.3) is 5.91 Å². The third-order valence-corrected chi connectivity index (χ3v) is 5.87. The Morgan fingerprint density at radius 1 is 1.23 bits per heavy atom. The number of amides is 1. The molecule has 7 heteroatoms. The molecule has 7 nitrogen and oxygen atoms in total. The van der Waals surface area contributed by atoms with Crippen LogP contribution in [-0.4, -0.2) is 35.0 Å². The highest BCUT2D eigenvalue weighted by Gasteiger charge is 2.39. The van der Waals surface area contributed by atoms with Crippen LogP contribution in [-0.2, 0) is 9.53 Å². The summed E-state index contributed by atoms with van der Waals surface area (Å²) in [6.45, 7) is 0. The van der Waals surface area contributed by atoms with Gasteiger partial charge in [0.05, 0.1) is 24.3 Å². The van der Waals surface area contributed by atoms with Crippen LogP contribution < -0.4 is 11.1 Å². The number of aromatic amines is 1. The minimum atomic E-state index is -0.482. The van der Waals surface area contributed by atoms with Crippen LogP contribution >= 0.6 is 0 Å². The van der Waals surface area contributed by atoms with E-state index in [2.05, 4.69) is 15.3 Å². The number of rotatable bonds is 4. The minimum absolute atomic E-state index is 0.0307. The summed E-state index contributed by atoms with van der Waals surface area (Å²) in [5, 5.41) is 4.45. The zero-order valence-electron chi connectivity index (χ0n) is 14.8. The number of H-pyrrole nitrogens is 1. The summed E-state index contributed by atoms with van der Waals surface area (Å²) in [4.78, 5) is 31.1. The van der Waals surface area contributed by atoms with Crippen molar-refractivity contribution in [3.8, 4) is 0 Å². The van der Waals surface area contributed by atoms with Crippen molar-refractivity contribution in [2.24, 2.45) is 23.5 Å². The van der Waals surface area contributed by atoms with Crippen LogP contribution in [0, 0.1) is 17.8 Å². The number of methoxy groups -OCH3 is 1. The predicted molar refractivity (Wildman–Crippen MR) is 97.6 cm³/mol. The fraction of sp³-hybridized carbons (Fsp3) is 0.526. The van der Waals surface area contributed by atoms with Gasteiger partial charge in [0.15, 0.2) is 0 Å². The van der Waals surface area contributed by atoms with Crippen molar-refractivity contribution in [1.29, 1.82) is 0 Å². The number of ether oxygens (including phenoxy) is 1. The average Bonchev–Trinajstić information content (AvgIpc) is 3.09. The first-order valence-corrected chi connectivity index (χ1v) is 9.15. The lowest BCUT2D eigenvalue weighted by molar-refractivity contribution is -0.148. The van der Waals surface area contributed by atoms with E-state index < -0.39 is 5.91 Å². The Morgan fingerprint density at radius 2 is 1.96 bits per heavy atom. The minimum Gasteiger partial charge on any atom is -0.469 e. The summed E-state index contributed by atoms with van der Waals surface area (Å²) >= 11 is 0. The highest BCUT2D eigenvalue weighted by Crippen LogP contribution is 2.44. The second-order valence-corrected chi connectivity index (χ2v) is 7.62. The molecular formula is C19H24N4O3. The third kappa shape index (κ3) is 3.02. The number of esters is 1. The lowest BCUT2D eigenvalue weighted by Gasteiger charge is -2.42. The first-order chi connectivity index (χ1) is 12.5. The number of aromatic nitrogens is 2. The van der Waals surface area contributed by atoms with E-state index in [1.807, 2.05) is 12.3 Å². The van der Waals surface area contributed by atoms with E-state index in [9.17, 15) is 9.59 Å². The van der Waals surface area contributed by atoms with Crippen LogP contribution in [0.1, 0.15) is 42.5 Å². The molecule has 2 aromatic heterocycles. The van der Waals surface area contributed by atoms with Crippen LogP contribution in [0.25, 0.3) is 11.0 Å². The van der Waals surface area contributed by atoms with Crippen LogP contribution in [0.15, 0.2) is 18.5 Å². The van der Waals surface area contributed by atoms with E-state index in [1.54, 1.807) is 0 Å². The number of anilines is 1. The number of nitrogens with one attached hydrogen (secondary N) is 2. The summed E-state index contributed by atoms with van der Waals surface area (Å²) in [6, 6.07) is 2.17. The summed E-state index contributed by atoms with van der Waals surface area (Å²) in [5.74, 6) is 0.479. The van der Waals surface area contributed by atoms with Crippen LogP contribution in [0.4, 0.5) is 5.69 Å². The van der Waals surface area contributed by atoms with Crippen molar-refractivity contribution < 1.29 is 14.3 Å². The summed E-state index contributed by atoms with van der Waals surface area (Å²) < 4.78 is 4.94. The first kappa shape index (κ1) is 16.9. The molecule has 0 saturated heterocycles. The molecule has 2 saturated carbocycles. The number of pyridine rings is 1. The SMILES string of the molecule is COC(=O)C1C[C@@H]2CC(Nc3c(C(N)=O)cnc4[nH]ccc34)C[C@@H](C1)C2. The van der Waals surface area contributed by atoms with Crippen LogP contribution in [0.5, 0.6) is 0 Å². The molecule has 4 rings (SSSR count). The van der Waals surface area contributed by atoms with E-state index in [4.69, 9.17) is 10.5 Å². The molecule has 0 aliphatic heterocycles. The predicted octanol–water partition coefficient (Wildman–Crippen LogP) is 2.44. The number of nitrogens with zero attached hydrogens (tertiary/aromatic N) is 1. The molecule has 0 radical (unpaired) electrons. The maximum atomic E-state index is 11.9. The van der Waals surface area contributed by atoms with E-state index in [0.29, 0.717) is 17.4 Å². The number of carbonyl (C=O) groups excluding carboxylic acids is 2. The zero-order valence-corrected chi connectivity index (χ0v) is 14.8. The van der Waals surface area contributed by atoms with Crippen molar-refractivity contribution in [3.05, 3.63) is 24.0 Å². The molecule has 4 N–H and O–H groups in total. The molecule has 2 bridgehead atoms. The molecule has 2 fully saturated rings. The molecule has 0 unspecified atom stereocenters. The number of carbonyl (C=O) groups is 2. The normalized spacial score (nSPS) is 27.9. The van der Waals surface area contributed by atoms with Crippen LogP contribution in [0.2, 0.25) is 0 Å². The van der Waals surface area contributed by atoms with Crippen molar-refractivity contribution >= 4 is 28.6 Å². The number of fused-ring (bicyclic) bond motifs is 3. The quantitative estimate of drug-likeness (QED) is 0.729.